The van der Waals surface area contributed by atoms with Crippen LogP contribution in [0.25, 0.3) is 0 Å². The molecule has 1 saturated heterocycles. The van der Waals surface area contributed by atoms with E-state index in [0.29, 0.717) is 12.6 Å². The van der Waals surface area contributed by atoms with E-state index >= 15 is 0 Å². The van der Waals surface area contributed by atoms with Gasteiger partial charge in [-0.15, -0.1) is 0 Å². The van der Waals surface area contributed by atoms with Crippen LogP contribution in [-0.2, 0) is 4.79 Å². The van der Waals surface area contributed by atoms with Gasteiger partial charge in [0.1, 0.15) is 0 Å². The smallest absolute Gasteiger partial charge is 0.235 e. The lowest BCUT2D eigenvalue weighted by atomic mass is 10.2. The predicted octanol–water partition coefficient (Wildman–Crippen LogP) is -1.17. The number of hydrogen-bond acceptors (Lipinski definition) is 4. The molecule has 1 amide bonds. The first-order valence-corrected chi connectivity index (χ1v) is 5.44. The molecule has 1 fully saturated rings. The Morgan fingerprint density at radius 2 is 2.27 bits per heavy atom. The normalized spacial score (nSPS) is 24.7. The summed E-state index contributed by atoms with van der Waals surface area (Å²) in [4.78, 5) is 15.3. The van der Waals surface area contributed by atoms with Crippen LogP contribution < -0.4 is 11.5 Å². The standard InChI is InChI=1S/C10H22N4O/c1-13(2)6-8-4-3-5-14(8)7-9(11)10(12)15/h8-9H,3-7,11H2,1-2H3,(H2,12,15). The predicted molar refractivity (Wildman–Crippen MR) is 60.3 cm³/mol. The number of primary amides is 1. The molecule has 1 heterocycles. The molecule has 15 heavy (non-hydrogen) atoms. The zero-order valence-electron chi connectivity index (χ0n) is 9.65. The molecule has 2 atom stereocenters. The Morgan fingerprint density at radius 1 is 1.60 bits per heavy atom. The van der Waals surface area contributed by atoms with E-state index in [2.05, 4.69) is 23.9 Å². The fourth-order valence-electron chi connectivity index (χ4n) is 2.11. The van der Waals surface area contributed by atoms with Crippen molar-refractivity contribution < 1.29 is 4.79 Å². The summed E-state index contributed by atoms with van der Waals surface area (Å²) in [5.41, 5.74) is 10.8. The quantitative estimate of drug-likeness (QED) is 0.604. The molecule has 1 aliphatic rings. The van der Waals surface area contributed by atoms with Gasteiger partial charge in [0, 0.05) is 19.1 Å². The van der Waals surface area contributed by atoms with Gasteiger partial charge in [0.25, 0.3) is 0 Å². The molecular formula is C10H22N4O. The van der Waals surface area contributed by atoms with E-state index in [1.54, 1.807) is 0 Å². The third-order valence-corrected chi connectivity index (χ3v) is 2.87. The van der Waals surface area contributed by atoms with E-state index in [0.717, 1.165) is 13.1 Å². The SMILES string of the molecule is CN(C)CC1CCCN1CC(N)C(N)=O. The zero-order chi connectivity index (χ0) is 11.4. The number of nitrogens with zero attached hydrogens (tertiary/aromatic N) is 2. The van der Waals surface area contributed by atoms with Gasteiger partial charge >= 0.3 is 0 Å². The summed E-state index contributed by atoms with van der Waals surface area (Å²) in [6.45, 7) is 2.64. The highest BCUT2D eigenvalue weighted by Crippen LogP contribution is 2.17. The Labute approximate surface area is 91.4 Å². The van der Waals surface area contributed by atoms with Crippen LogP contribution in [-0.4, -0.2) is 61.5 Å². The number of carbonyl (C=O) groups is 1. The van der Waals surface area contributed by atoms with Gasteiger partial charge in [-0.25, -0.2) is 0 Å². The number of rotatable bonds is 5. The maximum Gasteiger partial charge on any atom is 0.235 e. The minimum absolute atomic E-state index is 0.412. The van der Waals surface area contributed by atoms with Gasteiger partial charge in [0.05, 0.1) is 6.04 Å². The van der Waals surface area contributed by atoms with Crippen LogP contribution in [0.3, 0.4) is 0 Å². The number of amides is 1. The van der Waals surface area contributed by atoms with Crippen molar-refractivity contribution in [3.63, 3.8) is 0 Å². The largest absolute Gasteiger partial charge is 0.368 e. The van der Waals surface area contributed by atoms with Crippen molar-refractivity contribution in [3.05, 3.63) is 0 Å². The molecule has 5 nitrogen and oxygen atoms in total. The molecule has 88 valence electrons. The van der Waals surface area contributed by atoms with E-state index in [-0.39, 0.29) is 0 Å². The van der Waals surface area contributed by atoms with Gasteiger partial charge < -0.3 is 16.4 Å². The average molecular weight is 214 g/mol. The van der Waals surface area contributed by atoms with Crippen molar-refractivity contribution in [1.82, 2.24) is 9.80 Å². The summed E-state index contributed by atoms with van der Waals surface area (Å²) >= 11 is 0. The second-order valence-electron chi connectivity index (χ2n) is 4.56. The number of carbonyl (C=O) groups excluding carboxylic acids is 1. The van der Waals surface area contributed by atoms with Crippen molar-refractivity contribution in [3.8, 4) is 0 Å². The van der Waals surface area contributed by atoms with Crippen LogP contribution in [0, 0.1) is 0 Å². The zero-order valence-corrected chi connectivity index (χ0v) is 9.65. The topological polar surface area (TPSA) is 75.6 Å². The number of likely N-dealkylation sites (N-methyl/N-ethyl adjacent to an activating group) is 1. The first-order valence-electron chi connectivity index (χ1n) is 5.44. The summed E-state index contributed by atoms with van der Waals surface area (Å²) in [6, 6.07) is -0.0156. The van der Waals surface area contributed by atoms with E-state index in [1.807, 2.05) is 0 Å². The van der Waals surface area contributed by atoms with Crippen molar-refractivity contribution in [2.24, 2.45) is 11.5 Å². The average Bonchev–Trinajstić information content (AvgIpc) is 2.51. The molecule has 0 spiro atoms. The molecule has 0 saturated carbocycles. The summed E-state index contributed by atoms with van der Waals surface area (Å²) in [6.07, 6.45) is 2.37. The van der Waals surface area contributed by atoms with E-state index in [1.165, 1.54) is 12.8 Å². The molecule has 0 radical (unpaired) electrons. The van der Waals surface area contributed by atoms with Crippen LogP contribution in [0.15, 0.2) is 0 Å². The lowest BCUT2D eigenvalue weighted by Gasteiger charge is -2.28. The summed E-state index contributed by atoms with van der Waals surface area (Å²) in [5, 5.41) is 0. The molecule has 2 unspecified atom stereocenters. The van der Waals surface area contributed by atoms with Gasteiger partial charge in [0.15, 0.2) is 0 Å². The molecular weight excluding hydrogens is 192 g/mol. The van der Waals surface area contributed by atoms with Crippen LogP contribution in [0.1, 0.15) is 12.8 Å². The fourth-order valence-corrected chi connectivity index (χ4v) is 2.11. The third kappa shape index (κ3) is 3.77. The van der Waals surface area contributed by atoms with E-state index in [4.69, 9.17) is 11.5 Å². The Kier molecular flexibility index (Phi) is 4.50. The Hall–Kier alpha value is -0.650. The molecule has 0 aliphatic carbocycles. The minimum atomic E-state index is -0.534. The molecule has 1 rings (SSSR count). The number of likely N-dealkylation sites (tertiary alicyclic amines) is 1. The molecule has 1 aliphatic heterocycles. The van der Waals surface area contributed by atoms with Crippen LogP contribution in [0.4, 0.5) is 0 Å². The highest BCUT2D eigenvalue weighted by atomic mass is 16.1. The lowest BCUT2D eigenvalue weighted by molar-refractivity contribution is -0.119. The first-order chi connectivity index (χ1) is 7.00. The molecule has 0 aromatic heterocycles. The third-order valence-electron chi connectivity index (χ3n) is 2.87. The summed E-state index contributed by atoms with van der Waals surface area (Å²) < 4.78 is 0. The Bertz CT molecular complexity index is 219. The fraction of sp³-hybridized carbons (Fsp3) is 0.900. The minimum Gasteiger partial charge on any atom is -0.368 e. The Morgan fingerprint density at radius 3 is 2.80 bits per heavy atom. The van der Waals surface area contributed by atoms with Crippen LogP contribution in [0.5, 0.6) is 0 Å². The van der Waals surface area contributed by atoms with E-state index in [9.17, 15) is 4.79 Å². The van der Waals surface area contributed by atoms with Crippen molar-refractivity contribution in [2.75, 3.05) is 33.7 Å². The maximum absolute atomic E-state index is 10.9. The van der Waals surface area contributed by atoms with Gasteiger partial charge in [-0.3, -0.25) is 9.69 Å². The highest BCUT2D eigenvalue weighted by Gasteiger charge is 2.27. The summed E-state index contributed by atoms with van der Waals surface area (Å²) in [7, 11) is 4.12. The molecule has 0 aromatic rings. The molecule has 5 heteroatoms. The van der Waals surface area contributed by atoms with Crippen molar-refractivity contribution >= 4 is 5.91 Å². The van der Waals surface area contributed by atoms with Gasteiger partial charge in [-0.2, -0.15) is 0 Å². The summed E-state index contributed by atoms with van der Waals surface area (Å²) in [5.74, 6) is -0.412. The van der Waals surface area contributed by atoms with Gasteiger partial charge in [-0.1, -0.05) is 0 Å². The lowest BCUT2D eigenvalue weighted by Crippen LogP contribution is -2.49. The monoisotopic (exact) mass is 214 g/mol. The van der Waals surface area contributed by atoms with Gasteiger partial charge in [0.2, 0.25) is 5.91 Å². The van der Waals surface area contributed by atoms with Crippen molar-refractivity contribution in [1.29, 1.82) is 0 Å². The molecule has 4 N–H and O–H groups in total. The molecule has 0 bridgehead atoms. The van der Waals surface area contributed by atoms with Crippen molar-refractivity contribution in [2.45, 2.75) is 24.9 Å². The Balaban J connectivity index is 2.42. The second-order valence-corrected chi connectivity index (χ2v) is 4.56. The van der Waals surface area contributed by atoms with E-state index < -0.39 is 11.9 Å². The first kappa shape index (κ1) is 12.4. The number of nitrogens with two attached hydrogens (primary N) is 2. The van der Waals surface area contributed by atoms with Crippen LogP contribution in [0.2, 0.25) is 0 Å². The van der Waals surface area contributed by atoms with Gasteiger partial charge in [-0.05, 0) is 33.5 Å². The highest BCUT2D eigenvalue weighted by molar-refractivity contribution is 5.79. The number of hydrogen-bond donors (Lipinski definition) is 2. The molecule has 0 aromatic carbocycles. The van der Waals surface area contributed by atoms with Crippen LogP contribution >= 0.6 is 0 Å². The maximum atomic E-state index is 10.9. The second kappa shape index (κ2) is 5.44.